The quantitative estimate of drug-likeness (QED) is 0.304. The molecule has 184 valence electrons. The first-order valence-electron chi connectivity index (χ1n) is 10.3. The van der Waals surface area contributed by atoms with Crippen molar-refractivity contribution in [3.05, 3.63) is 86.2 Å². The van der Waals surface area contributed by atoms with E-state index in [1.54, 1.807) is 30.5 Å². The van der Waals surface area contributed by atoms with Gasteiger partial charge in [0.25, 0.3) is 11.8 Å². The van der Waals surface area contributed by atoms with Gasteiger partial charge >= 0.3 is 6.18 Å². The average Bonchev–Trinajstić information content (AvgIpc) is 3.13. The maximum Gasteiger partial charge on any atom is 0.417 e. The van der Waals surface area contributed by atoms with Gasteiger partial charge in [-0.2, -0.15) is 18.3 Å². The summed E-state index contributed by atoms with van der Waals surface area (Å²) in [5.74, 6) is -0.979. The third kappa shape index (κ3) is 6.91. The van der Waals surface area contributed by atoms with Crippen molar-refractivity contribution in [1.29, 1.82) is 0 Å². The molecule has 1 heterocycles. The van der Waals surface area contributed by atoms with Gasteiger partial charge < -0.3 is 10.2 Å². The van der Waals surface area contributed by atoms with Crippen molar-refractivity contribution in [2.24, 2.45) is 5.10 Å². The maximum absolute atomic E-state index is 13.0. The molecular weight excluding hydrogens is 501 g/mol. The maximum atomic E-state index is 13.0. The van der Waals surface area contributed by atoms with Crippen LogP contribution >= 0.6 is 22.9 Å². The zero-order valence-electron chi connectivity index (χ0n) is 19.0. The molecule has 0 atom stereocenters. The van der Waals surface area contributed by atoms with Crippen molar-refractivity contribution < 1.29 is 22.8 Å². The van der Waals surface area contributed by atoms with E-state index < -0.39 is 22.7 Å². The predicted molar refractivity (Wildman–Crippen MR) is 132 cm³/mol. The summed E-state index contributed by atoms with van der Waals surface area (Å²) in [4.78, 5) is 27.5. The van der Waals surface area contributed by atoms with Crippen LogP contribution in [-0.4, -0.2) is 37.0 Å². The second-order valence-electron chi connectivity index (χ2n) is 7.95. The molecule has 6 nitrogen and oxygen atoms in total. The van der Waals surface area contributed by atoms with Gasteiger partial charge in [-0.3, -0.25) is 9.59 Å². The molecule has 0 bridgehead atoms. The number of thiophene rings is 1. The second-order valence-corrected chi connectivity index (χ2v) is 9.24. The van der Waals surface area contributed by atoms with Gasteiger partial charge in [0.1, 0.15) is 5.00 Å². The van der Waals surface area contributed by atoms with E-state index in [0.29, 0.717) is 22.7 Å². The number of hydrogen-bond acceptors (Lipinski definition) is 5. The number of benzene rings is 2. The van der Waals surface area contributed by atoms with Gasteiger partial charge in [0.2, 0.25) is 0 Å². The SMILES string of the molecule is Cc1csc(NC(=O)c2cccc(CN(C)C)c2)c1C(=O)N/N=C\c1ccc(Cl)c(C(F)(F)F)c1. The number of rotatable bonds is 7. The number of hydrogen-bond donors (Lipinski definition) is 2. The Labute approximate surface area is 209 Å². The van der Waals surface area contributed by atoms with Gasteiger partial charge in [0.15, 0.2) is 0 Å². The number of aryl methyl sites for hydroxylation is 1. The van der Waals surface area contributed by atoms with Crippen molar-refractivity contribution in [1.82, 2.24) is 10.3 Å². The molecular formula is C24H22ClF3N4O2S. The van der Waals surface area contributed by atoms with E-state index in [4.69, 9.17) is 11.6 Å². The molecule has 2 aromatic carbocycles. The highest BCUT2D eigenvalue weighted by atomic mass is 35.5. The third-order valence-electron chi connectivity index (χ3n) is 4.79. The fraction of sp³-hybridized carbons (Fsp3) is 0.208. The molecule has 0 aliphatic carbocycles. The number of nitrogens with one attached hydrogen (secondary N) is 2. The molecule has 0 aliphatic heterocycles. The Balaban J connectivity index is 1.73. The molecule has 0 aliphatic rings. The molecule has 35 heavy (non-hydrogen) atoms. The van der Waals surface area contributed by atoms with Gasteiger partial charge in [0.05, 0.1) is 22.4 Å². The first kappa shape index (κ1) is 26.4. The van der Waals surface area contributed by atoms with E-state index in [1.807, 2.05) is 25.1 Å². The van der Waals surface area contributed by atoms with Gasteiger partial charge in [0, 0.05) is 12.1 Å². The second kappa shape index (κ2) is 11.0. The van der Waals surface area contributed by atoms with Crippen LogP contribution in [-0.2, 0) is 12.7 Å². The first-order valence-corrected chi connectivity index (χ1v) is 11.5. The number of carbonyl (C=O) groups is 2. The molecule has 0 radical (unpaired) electrons. The van der Waals surface area contributed by atoms with Gasteiger partial charge in [-0.25, -0.2) is 5.43 Å². The molecule has 2 N–H and O–H groups in total. The number of hydrazone groups is 1. The van der Waals surface area contributed by atoms with Crippen LogP contribution in [0.4, 0.5) is 18.2 Å². The van der Waals surface area contributed by atoms with Gasteiger partial charge in [-0.1, -0.05) is 29.8 Å². The summed E-state index contributed by atoms with van der Waals surface area (Å²) >= 11 is 6.80. The Hall–Kier alpha value is -3.21. The minimum Gasteiger partial charge on any atom is -0.313 e. The summed E-state index contributed by atoms with van der Waals surface area (Å²) in [5.41, 5.74) is 3.66. The lowest BCUT2D eigenvalue weighted by Crippen LogP contribution is -2.21. The van der Waals surface area contributed by atoms with Crippen LogP contribution in [0, 0.1) is 6.92 Å². The number of amides is 2. The summed E-state index contributed by atoms with van der Waals surface area (Å²) in [5, 5.41) is 8.14. The summed E-state index contributed by atoms with van der Waals surface area (Å²) in [7, 11) is 3.85. The molecule has 2 amide bonds. The van der Waals surface area contributed by atoms with Crippen molar-refractivity contribution in [2.75, 3.05) is 19.4 Å². The van der Waals surface area contributed by atoms with Crippen LogP contribution in [0.3, 0.4) is 0 Å². The Morgan fingerprint density at radius 3 is 2.57 bits per heavy atom. The Bertz CT molecular complexity index is 1270. The molecule has 0 unspecified atom stereocenters. The van der Waals surface area contributed by atoms with Gasteiger partial charge in [-0.05, 0) is 67.4 Å². The normalized spacial score (nSPS) is 11.8. The Kier molecular flexibility index (Phi) is 8.31. The van der Waals surface area contributed by atoms with E-state index in [2.05, 4.69) is 15.8 Å². The molecule has 0 fully saturated rings. The number of carbonyl (C=O) groups excluding carboxylic acids is 2. The smallest absolute Gasteiger partial charge is 0.313 e. The van der Waals surface area contributed by atoms with Crippen LogP contribution in [0.1, 0.15) is 43.0 Å². The molecule has 3 rings (SSSR count). The van der Waals surface area contributed by atoms with Crippen LogP contribution in [0.25, 0.3) is 0 Å². The van der Waals surface area contributed by atoms with Crippen LogP contribution < -0.4 is 10.7 Å². The number of halogens is 4. The largest absolute Gasteiger partial charge is 0.417 e. The molecule has 11 heteroatoms. The van der Waals surface area contributed by atoms with Crippen molar-refractivity contribution >= 4 is 46.0 Å². The van der Waals surface area contributed by atoms with Crippen LogP contribution in [0.2, 0.25) is 5.02 Å². The van der Waals surface area contributed by atoms with E-state index in [0.717, 1.165) is 23.9 Å². The summed E-state index contributed by atoms with van der Waals surface area (Å²) in [6.45, 7) is 2.38. The molecule has 0 spiro atoms. The van der Waals surface area contributed by atoms with Crippen molar-refractivity contribution in [3.63, 3.8) is 0 Å². The fourth-order valence-electron chi connectivity index (χ4n) is 3.23. The zero-order valence-corrected chi connectivity index (χ0v) is 20.6. The highest BCUT2D eigenvalue weighted by Gasteiger charge is 2.33. The summed E-state index contributed by atoms with van der Waals surface area (Å²) in [6, 6.07) is 10.5. The van der Waals surface area contributed by atoms with E-state index in [9.17, 15) is 22.8 Å². The standard InChI is InChI=1S/C24H22ClF3N4O2S/c1-14-13-35-23(30-21(33)17-6-4-5-16(9-17)12-32(2)3)20(14)22(34)31-29-11-15-7-8-19(25)18(10-15)24(26,27)28/h4-11,13H,12H2,1-3H3,(H,30,33)(H,31,34)/b29-11-. The van der Waals surface area contributed by atoms with E-state index >= 15 is 0 Å². The molecule has 0 saturated heterocycles. The van der Waals surface area contributed by atoms with E-state index in [1.165, 1.54) is 17.4 Å². The number of alkyl halides is 3. The Morgan fingerprint density at radius 2 is 1.89 bits per heavy atom. The molecule has 1 aromatic heterocycles. The lowest BCUT2D eigenvalue weighted by atomic mass is 10.1. The highest BCUT2D eigenvalue weighted by Crippen LogP contribution is 2.35. The minimum absolute atomic E-state index is 0.107. The van der Waals surface area contributed by atoms with Gasteiger partial charge in [-0.15, -0.1) is 11.3 Å². The minimum atomic E-state index is -4.61. The third-order valence-corrected chi connectivity index (χ3v) is 6.14. The van der Waals surface area contributed by atoms with Crippen molar-refractivity contribution in [2.45, 2.75) is 19.6 Å². The van der Waals surface area contributed by atoms with E-state index in [-0.39, 0.29) is 17.0 Å². The topological polar surface area (TPSA) is 73.8 Å². The summed E-state index contributed by atoms with van der Waals surface area (Å²) in [6.07, 6.45) is -3.53. The lowest BCUT2D eigenvalue weighted by molar-refractivity contribution is -0.137. The van der Waals surface area contributed by atoms with Crippen LogP contribution in [0.15, 0.2) is 52.9 Å². The van der Waals surface area contributed by atoms with Crippen LogP contribution in [0.5, 0.6) is 0 Å². The average molecular weight is 523 g/mol. The summed E-state index contributed by atoms with van der Waals surface area (Å²) < 4.78 is 39.1. The molecule has 0 saturated carbocycles. The highest BCUT2D eigenvalue weighted by molar-refractivity contribution is 7.15. The lowest BCUT2D eigenvalue weighted by Gasteiger charge is -2.11. The van der Waals surface area contributed by atoms with Crippen molar-refractivity contribution in [3.8, 4) is 0 Å². The predicted octanol–water partition coefficient (Wildman–Crippen LogP) is 5.81. The fourth-order valence-corrected chi connectivity index (χ4v) is 4.39. The number of anilines is 1. The monoisotopic (exact) mass is 522 g/mol. The number of nitrogens with zero attached hydrogens (tertiary/aromatic N) is 2. The Morgan fingerprint density at radius 1 is 1.14 bits per heavy atom. The first-order chi connectivity index (χ1) is 16.5. The zero-order chi connectivity index (χ0) is 25.8. The molecule has 3 aromatic rings.